The predicted octanol–water partition coefficient (Wildman–Crippen LogP) is 3.74. The molecule has 0 bridgehead atoms. The first kappa shape index (κ1) is 15.5. The van der Waals surface area contributed by atoms with E-state index in [1.807, 2.05) is 54.8 Å². The van der Waals surface area contributed by atoms with Gasteiger partial charge in [-0.3, -0.25) is 4.79 Å². The molecule has 122 valence electrons. The smallest absolute Gasteiger partial charge is 0.254 e. The van der Waals surface area contributed by atoms with Gasteiger partial charge in [-0.1, -0.05) is 72.4 Å². The van der Waals surface area contributed by atoms with Gasteiger partial charge in [-0.2, -0.15) is 9.50 Å². The predicted molar refractivity (Wildman–Crippen MR) is 97.9 cm³/mol. The zero-order chi connectivity index (χ0) is 17.2. The Hall–Kier alpha value is -2.99. The van der Waals surface area contributed by atoms with Crippen molar-refractivity contribution in [2.75, 3.05) is 6.26 Å². The Bertz CT molecular complexity index is 1050. The monoisotopic (exact) mass is 346 g/mol. The minimum atomic E-state index is -0.131. The van der Waals surface area contributed by atoms with E-state index in [0.29, 0.717) is 22.2 Å². The molecule has 2 aromatic heterocycles. The Labute approximate surface area is 148 Å². The van der Waals surface area contributed by atoms with Gasteiger partial charge in [0.25, 0.3) is 5.78 Å². The highest BCUT2D eigenvalue weighted by molar-refractivity contribution is 7.98. The molecule has 6 heteroatoms. The van der Waals surface area contributed by atoms with E-state index in [1.165, 1.54) is 11.8 Å². The summed E-state index contributed by atoms with van der Waals surface area (Å²) in [6, 6.07) is 20.7. The van der Waals surface area contributed by atoms with Crippen LogP contribution >= 0.6 is 11.8 Å². The number of fused-ring (bicyclic) bond motifs is 1. The molecular formula is C19H14N4OS. The maximum absolute atomic E-state index is 12.8. The van der Waals surface area contributed by atoms with Crippen molar-refractivity contribution in [1.29, 1.82) is 0 Å². The van der Waals surface area contributed by atoms with Gasteiger partial charge in [0.05, 0.1) is 5.69 Å². The average Bonchev–Trinajstić information content (AvgIpc) is 3.11. The molecule has 0 aliphatic rings. The van der Waals surface area contributed by atoms with Crippen molar-refractivity contribution >= 4 is 23.3 Å². The lowest BCUT2D eigenvalue weighted by Gasteiger charge is -2.07. The first-order valence-corrected chi connectivity index (χ1v) is 8.96. The third-order valence-electron chi connectivity index (χ3n) is 3.81. The van der Waals surface area contributed by atoms with Gasteiger partial charge in [0, 0.05) is 11.1 Å². The number of aromatic nitrogens is 4. The molecule has 4 aromatic rings. The van der Waals surface area contributed by atoms with Crippen LogP contribution in [0.1, 0.15) is 16.1 Å². The van der Waals surface area contributed by atoms with Crippen molar-refractivity contribution in [1.82, 2.24) is 19.6 Å². The molecular weight excluding hydrogens is 332 g/mol. The minimum absolute atomic E-state index is 0.131. The van der Waals surface area contributed by atoms with Crippen LogP contribution in [0.25, 0.3) is 17.0 Å². The third kappa shape index (κ3) is 2.92. The molecule has 5 nitrogen and oxygen atoms in total. The molecule has 0 atom stereocenters. The summed E-state index contributed by atoms with van der Waals surface area (Å²) in [6.45, 7) is 0. The van der Waals surface area contributed by atoms with Crippen LogP contribution in [-0.4, -0.2) is 31.6 Å². The third-order valence-corrected chi connectivity index (χ3v) is 4.35. The van der Waals surface area contributed by atoms with Crippen molar-refractivity contribution < 1.29 is 4.79 Å². The van der Waals surface area contributed by atoms with Crippen LogP contribution in [0.2, 0.25) is 0 Å². The lowest BCUT2D eigenvalue weighted by Crippen LogP contribution is -2.08. The van der Waals surface area contributed by atoms with E-state index in [9.17, 15) is 4.79 Å². The number of thioether (sulfide) groups is 1. The van der Waals surface area contributed by atoms with E-state index in [-0.39, 0.29) is 5.78 Å². The van der Waals surface area contributed by atoms with Gasteiger partial charge in [0.1, 0.15) is 5.69 Å². The lowest BCUT2D eigenvalue weighted by molar-refractivity contribution is 0.103. The molecule has 0 radical (unpaired) electrons. The average molecular weight is 346 g/mol. The molecule has 0 aliphatic carbocycles. The zero-order valence-corrected chi connectivity index (χ0v) is 14.3. The molecule has 0 saturated heterocycles. The van der Waals surface area contributed by atoms with Crippen LogP contribution in [0.5, 0.6) is 0 Å². The number of rotatable bonds is 4. The summed E-state index contributed by atoms with van der Waals surface area (Å²) in [5.74, 6) is 0.291. The Kier molecular flexibility index (Phi) is 4.03. The summed E-state index contributed by atoms with van der Waals surface area (Å²) >= 11 is 1.44. The van der Waals surface area contributed by atoms with Gasteiger partial charge in [-0.05, 0) is 12.3 Å². The van der Waals surface area contributed by atoms with Gasteiger partial charge >= 0.3 is 0 Å². The highest BCUT2D eigenvalue weighted by Gasteiger charge is 2.17. The Morgan fingerprint density at radius 2 is 1.64 bits per heavy atom. The summed E-state index contributed by atoms with van der Waals surface area (Å²) in [6.07, 6.45) is 1.91. The van der Waals surface area contributed by atoms with Crippen LogP contribution in [0.4, 0.5) is 0 Å². The number of carbonyl (C=O) groups excluding carboxylic acids is 1. The van der Waals surface area contributed by atoms with Crippen molar-refractivity contribution in [3.05, 3.63) is 78.0 Å². The summed E-state index contributed by atoms with van der Waals surface area (Å²) in [5, 5.41) is 5.09. The second-order valence-corrected chi connectivity index (χ2v) is 6.17. The van der Waals surface area contributed by atoms with E-state index in [4.69, 9.17) is 0 Å². The molecule has 0 aliphatic heterocycles. The number of benzene rings is 2. The van der Waals surface area contributed by atoms with Gasteiger partial charge in [-0.25, -0.2) is 4.98 Å². The fourth-order valence-corrected chi connectivity index (χ4v) is 2.94. The topological polar surface area (TPSA) is 60.2 Å². The largest absolute Gasteiger partial charge is 0.287 e. The van der Waals surface area contributed by atoms with Gasteiger partial charge in [0.15, 0.2) is 0 Å². The normalized spacial score (nSPS) is 10.9. The standard InChI is InChI=1S/C19H14N4OS/c1-25-19-21-18-20-15(17(24)14-10-6-3-7-11-14)12-16(23(18)22-19)13-8-4-2-5-9-13/h2-12H,1H3. The lowest BCUT2D eigenvalue weighted by atomic mass is 10.1. The van der Waals surface area contributed by atoms with E-state index < -0.39 is 0 Å². The molecule has 2 heterocycles. The second kappa shape index (κ2) is 6.49. The Balaban J connectivity index is 1.93. The fourth-order valence-electron chi connectivity index (χ4n) is 2.60. The Morgan fingerprint density at radius 1 is 0.960 bits per heavy atom. The van der Waals surface area contributed by atoms with Gasteiger partial charge < -0.3 is 0 Å². The highest BCUT2D eigenvalue weighted by atomic mass is 32.2. The quantitative estimate of drug-likeness (QED) is 0.416. The molecule has 25 heavy (non-hydrogen) atoms. The maximum atomic E-state index is 12.8. The van der Waals surface area contributed by atoms with E-state index in [0.717, 1.165) is 11.3 Å². The molecule has 0 fully saturated rings. The van der Waals surface area contributed by atoms with Crippen molar-refractivity contribution in [3.63, 3.8) is 0 Å². The number of nitrogens with zero attached hydrogens (tertiary/aromatic N) is 4. The van der Waals surface area contributed by atoms with Crippen LogP contribution in [-0.2, 0) is 0 Å². The molecule has 0 unspecified atom stereocenters. The van der Waals surface area contributed by atoms with Crippen LogP contribution in [0.3, 0.4) is 0 Å². The summed E-state index contributed by atoms with van der Waals surface area (Å²) in [4.78, 5) is 21.7. The van der Waals surface area contributed by atoms with Gasteiger partial charge in [-0.15, -0.1) is 5.10 Å². The summed E-state index contributed by atoms with van der Waals surface area (Å²) in [7, 11) is 0. The van der Waals surface area contributed by atoms with Crippen LogP contribution in [0, 0.1) is 0 Å². The fraction of sp³-hybridized carbons (Fsp3) is 0.0526. The summed E-state index contributed by atoms with van der Waals surface area (Å²) in [5.41, 5.74) is 2.70. The van der Waals surface area contributed by atoms with Crippen LogP contribution < -0.4 is 0 Å². The first-order valence-electron chi connectivity index (χ1n) is 7.73. The minimum Gasteiger partial charge on any atom is -0.287 e. The number of hydrogen-bond acceptors (Lipinski definition) is 5. The van der Waals surface area contributed by atoms with Crippen LogP contribution in [0.15, 0.2) is 71.9 Å². The SMILES string of the molecule is CSc1nc2nc(C(=O)c3ccccc3)cc(-c3ccccc3)n2n1. The zero-order valence-electron chi connectivity index (χ0n) is 13.5. The number of hydrogen-bond donors (Lipinski definition) is 0. The number of ketones is 1. The molecule has 4 rings (SSSR count). The van der Waals surface area contributed by atoms with Crippen molar-refractivity contribution in [3.8, 4) is 11.3 Å². The first-order chi connectivity index (χ1) is 12.3. The van der Waals surface area contributed by atoms with E-state index >= 15 is 0 Å². The van der Waals surface area contributed by atoms with Crippen molar-refractivity contribution in [2.45, 2.75) is 5.16 Å². The van der Waals surface area contributed by atoms with Crippen molar-refractivity contribution in [2.24, 2.45) is 0 Å². The maximum Gasteiger partial charge on any atom is 0.254 e. The molecule has 2 aromatic carbocycles. The van der Waals surface area contributed by atoms with E-state index in [1.54, 1.807) is 22.7 Å². The molecule has 0 amide bonds. The molecule has 0 saturated carbocycles. The number of carbonyl (C=O) groups is 1. The summed E-state index contributed by atoms with van der Waals surface area (Å²) < 4.78 is 1.68. The Morgan fingerprint density at radius 3 is 2.32 bits per heavy atom. The van der Waals surface area contributed by atoms with E-state index in [2.05, 4.69) is 15.1 Å². The second-order valence-electron chi connectivity index (χ2n) is 5.40. The molecule has 0 N–H and O–H groups in total. The molecule has 0 spiro atoms. The highest BCUT2D eigenvalue weighted by Crippen LogP contribution is 2.23. The van der Waals surface area contributed by atoms with Gasteiger partial charge in [0.2, 0.25) is 10.9 Å².